The van der Waals surface area contributed by atoms with Crippen LogP contribution in [0.5, 0.6) is 0 Å². The van der Waals surface area contributed by atoms with Gasteiger partial charge in [-0.2, -0.15) is 0 Å². The molecule has 2 N–H and O–H groups in total. The third-order valence-corrected chi connectivity index (χ3v) is 3.97. The van der Waals surface area contributed by atoms with Gasteiger partial charge in [0.15, 0.2) is 0 Å². The van der Waals surface area contributed by atoms with Crippen molar-refractivity contribution in [1.29, 1.82) is 0 Å². The van der Waals surface area contributed by atoms with Crippen molar-refractivity contribution in [3.63, 3.8) is 0 Å². The van der Waals surface area contributed by atoms with Gasteiger partial charge in [0.05, 0.1) is 6.61 Å². The van der Waals surface area contributed by atoms with E-state index in [4.69, 9.17) is 5.11 Å². The van der Waals surface area contributed by atoms with Gasteiger partial charge >= 0.3 is 0 Å². The predicted octanol–water partition coefficient (Wildman–Crippen LogP) is 3.10. The Hall–Kier alpha value is -1.71. The molecule has 1 aliphatic rings. The molecule has 3 rings (SSSR count). The molecule has 104 valence electrons. The molecule has 3 heteroatoms. The largest absolute Gasteiger partial charge is 0.392 e. The second kappa shape index (κ2) is 5.73. The van der Waals surface area contributed by atoms with E-state index in [-0.39, 0.29) is 18.5 Å². The first-order chi connectivity index (χ1) is 9.78. The third kappa shape index (κ3) is 2.60. The Morgan fingerprint density at radius 1 is 1.10 bits per heavy atom. The molecule has 1 aliphatic carbocycles. The van der Waals surface area contributed by atoms with Crippen LogP contribution in [0.2, 0.25) is 0 Å². The van der Waals surface area contributed by atoms with Crippen LogP contribution in [-0.2, 0) is 19.6 Å². The number of hydrogen-bond acceptors (Lipinski definition) is 2. The first-order valence-corrected chi connectivity index (χ1v) is 6.97. The molecule has 2 aromatic carbocycles. The van der Waals surface area contributed by atoms with Crippen LogP contribution in [0.15, 0.2) is 42.5 Å². The van der Waals surface area contributed by atoms with E-state index in [1.165, 1.54) is 11.6 Å². The first-order valence-electron chi connectivity index (χ1n) is 6.97. The summed E-state index contributed by atoms with van der Waals surface area (Å²) in [4.78, 5) is 0. The van der Waals surface area contributed by atoms with Crippen LogP contribution < -0.4 is 5.32 Å². The topological polar surface area (TPSA) is 32.3 Å². The molecule has 0 saturated heterocycles. The van der Waals surface area contributed by atoms with Crippen LogP contribution in [0.25, 0.3) is 0 Å². The molecule has 0 amide bonds. The summed E-state index contributed by atoms with van der Waals surface area (Å²) in [5.41, 5.74) is 4.05. The molecule has 0 fully saturated rings. The second-order valence-corrected chi connectivity index (χ2v) is 5.25. The van der Waals surface area contributed by atoms with Gasteiger partial charge in [0.25, 0.3) is 0 Å². The molecule has 0 heterocycles. The molecule has 0 aromatic heterocycles. The Morgan fingerprint density at radius 2 is 1.85 bits per heavy atom. The maximum Gasteiger partial charge on any atom is 0.126 e. The minimum Gasteiger partial charge on any atom is -0.392 e. The van der Waals surface area contributed by atoms with Crippen molar-refractivity contribution >= 4 is 0 Å². The highest BCUT2D eigenvalue weighted by molar-refractivity contribution is 5.35. The maximum atomic E-state index is 13.7. The standard InChI is InChI=1S/C17H18FNO/c18-16-3-1-2-15-14(16)8-9-17(15)19-10-12-4-6-13(11-20)7-5-12/h1-7,17,19-20H,8-11H2. The number of halogens is 1. The molecule has 1 atom stereocenters. The van der Waals surface area contributed by atoms with E-state index in [0.717, 1.165) is 36.1 Å². The molecule has 0 spiro atoms. The number of nitrogens with one attached hydrogen (secondary N) is 1. The van der Waals surface area contributed by atoms with Crippen molar-refractivity contribution < 1.29 is 9.50 Å². The van der Waals surface area contributed by atoms with Crippen molar-refractivity contribution in [1.82, 2.24) is 5.32 Å². The van der Waals surface area contributed by atoms with Gasteiger partial charge in [0.2, 0.25) is 0 Å². The van der Waals surface area contributed by atoms with E-state index < -0.39 is 0 Å². The highest BCUT2D eigenvalue weighted by Crippen LogP contribution is 2.32. The third-order valence-electron chi connectivity index (χ3n) is 3.97. The summed E-state index contributed by atoms with van der Waals surface area (Å²) in [5, 5.41) is 12.5. The highest BCUT2D eigenvalue weighted by Gasteiger charge is 2.24. The molecule has 0 bridgehead atoms. The zero-order chi connectivity index (χ0) is 13.9. The molecule has 20 heavy (non-hydrogen) atoms. The fraction of sp³-hybridized carbons (Fsp3) is 0.294. The van der Waals surface area contributed by atoms with Gasteiger partial charge < -0.3 is 10.4 Å². The number of hydrogen-bond donors (Lipinski definition) is 2. The molecular weight excluding hydrogens is 253 g/mol. The Kier molecular flexibility index (Phi) is 3.81. The number of benzene rings is 2. The highest BCUT2D eigenvalue weighted by atomic mass is 19.1. The lowest BCUT2D eigenvalue weighted by Crippen LogP contribution is -2.18. The van der Waals surface area contributed by atoms with Gasteiger partial charge in [-0.25, -0.2) is 4.39 Å². The smallest absolute Gasteiger partial charge is 0.126 e. The average molecular weight is 271 g/mol. The Labute approximate surface area is 118 Å². The van der Waals surface area contributed by atoms with Gasteiger partial charge in [-0.3, -0.25) is 0 Å². The molecule has 0 saturated carbocycles. The molecule has 1 unspecified atom stereocenters. The molecule has 0 aliphatic heterocycles. The fourth-order valence-corrected chi connectivity index (χ4v) is 2.83. The van der Waals surface area contributed by atoms with Crippen LogP contribution in [-0.4, -0.2) is 5.11 Å². The summed E-state index contributed by atoms with van der Waals surface area (Å²) in [6.45, 7) is 0.829. The van der Waals surface area contributed by atoms with Gasteiger partial charge in [0.1, 0.15) is 5.82 Å². The zero-order valence-electron chi connectivity index (χ0n) is 11.3. The predicted molar refractivity (Wildman–Crippen MR) is 76.7 cm³/mol. The lowest BCUT2D eigenvalue weighted by molar-refractivity contribution is 0.282. The number of rotatable bonds is 4. The molecule has 2 aromatic rings. The van der Waals surface area contributed by atoms with E-state index >= 15 is 0 Å². The first kappa shape index (κ1) is 13.3. The summed E-state index contributed by atoms with van der Waals surface area (Å²) >= 11 is 0. The summed E-state index contributed by atoms with van der Waals surface area (Å²) in [6, 6.07) is 13.5. The SMILES string of the molecule is OCc1ccc(CNC2CCc3c(F)cccc32)cc1. The zero-order valence-corrected chi connectivity index (χ0v) is 11.3. The normalized spacial score (nSPS) is 17.2. The van der Waals surface area contributed by atoms with E-state index in [0.29, 0.717) is 0 Å². The second-order valence-electron chi connectivity index (χ2n) is 5.25. The lowest BCUT2D eigenvalue weighted by Gasteiger charge is -2.14. The van der Waals surface area contributed by atoms with E-state index in [1.807, 2.05) is 30.3 Å². The van der Waals surface area contributed by atoms with Gasteiger partial charge in [-0.1, -0.05) is 36.4 Å². The monoisotopic (exact) mass is 271 g/mol. The van der Waals surface area contributed by atoms with E-state index in [1.54, 1.807) is 6.07 Å². The molecule has 0 radical (unpaired) electrons. The van der Waals surface area contributed by atoms with Crippen LogP contribution in [0.1, 0.15) is 34.7 Å². The van der Waals surface area contributed by atoms with Crippen molar-refractivity contribution in [2.45, 2.75) is 32.0 Å². The average Bonchev–Trinajstić information content (AvgIpc) is 2.90. The molecular formula is C17H18FNO. The van der Waals surface area contributed by atoms with Crippen LogP contribution in [0, 0.1) is 5.82 Å². The van der Waals surface area contributed by atoms with Crippen LogP contribution in [0.4, 0.5) is 4.39 Å². The molecule has 2 nitrogen and oxygen atoms in total. The van der Waals surface area contributed by atoms with Gasteiger partial charge in [-0.15, -0.1) is 0 Å². The number of fused-ring (bicyclic) bond motifs is 1. The fourth-order valence-electron chi connectivity index (χ4n) is 2.83. The van der Waals surface area contributed by atoms with E-state index in [9.17, 15) is 4.39 Å². The van der Waals surface area contributed by atoms with Crippen molar-refractivity contribution in [2.24, 2.45) is 0 Å². The Morgan fingerprint density at radius 3 is 2.60 bits per heavy atom. The minimum absolute atomic E-state index is 0.0724. The van der Waals surface area contributed by atoms with E-state index in [2.05, 4.69) is 5.32 Å². The Bertz CT molecular complexity index is 594. The summed E-state index contributed by atoms with van der Waals surface area (Å²) in [7, 11) is 0. The van der Waals surface area contributed by atoms with Crippen molar-refractivity contribution in [3.8, 4) is 0 Å². The summed E-state index contributed by atoms with van der Waals surface area (Å²) in [6.07, 6.45) is 1.76. The van der Waals surface area contributed by atoms with Gasteiger partial charge in [-0.05, 0) is 41.2 Å². The maximum absolute atomic E-state index is 13.7. The summed E-state index contributed by atoms with van der Waals surface area (Å²) in [5.74, 6) is -0.0842. The van der Waals surface area contributed by atoms with Crippen LogP contribution >= 0.6 is 0 Å². The lowest BCUT2D eigenvalue weighted by atomic mass is 10.1. The van der Waals surface area contributed by atoms with Crippen molar-refractivity contribution in [2.75, 3.05) is 0 Å². The van der Waals surface area contributed by atoms with Gasteiger partial charge in [0, 0.05) is 12.6 Å². The van der Waals surface area contributed by atoms with Crippen molar-refractivity contribution in [3.05, 3.63) is 70.5 Å². The van der Waals surface area contributed by atoms with Crippen LogP contribution in [0.3, 0.4) is 0 Å². The Balaban J connectivity index is 1.67. The quantitative estimate of drug-likeness (QED) is 0.895. The number of aliphatic hydroxyl groups is 1. The summed E-state index contributed by atoms with van der Waals surface area (Å²) < 4.78 is 13.7. The number of aliphatic hydroxyl groups excluding tert-OH is 1. The minimum atomic E-state index is -0.0842.